The third kappa shape index (κ3) is 2.02. The molecule has 0 aliphatic rings. The van der Waals surface area contributed by atoms with Crippen LogP contribution in [0.1, 0.15) is 17.0 Å². The van der Waals surface area contributed by atoms with E-state index in [1.165, 1.54) is 0 Å². The van der Waals surface area contributed by atoms with Crippen LogP contribution in [0.3, 0.4) is 0 Å². The fourth-order valence-electron chi connectivity index (χ4n) is 1.48. The van der Waals surface area contributed by atoms with Crippen molar-refractivity contribution >= 4 is 12.2 Å². The molecule has 0 aliphatic heterocycles. The zero-order valence-corrected chi connectivity index (χ0v) is 9.66. The number of aromatic amines is 1. The average Bonchev–Trinajstić information content (AvgIpc) is 2.63. The lowest BCUT2D eigenvalue weighted by atomic mass is 10.1. The van der Waals surface area contributed by atoms with Crippen molar-refractivity contribution < 1.29 is 5.11 Å². The van der Waals surface area contributed by atoms with Gasteiger partial charge in [0, 0.05) is 12.4 Å². The molecular weight excluding hydrogens is 224 g/mol. The summed E-state index contributed by atoms with van der Waals surface area (Å²) in [7, 11) is 0. The molecule has 84 valence electrons. The first kappa shape index (κ1) is 11.0. The first-order valence-corrected chi connectivity index (χ1v) is 5.27. The Hall–Kier alpha value is -1.53. The molecule has 2 N–H and O–H groups in total. The fraction of sp³-hybridized carbons (Fsp3) is 0.300. The maximum atomic E-state index is 9.12. The van der Waals surface area contributed by atoms with Crippen LogP contribution in [0.25, 0.3) is 0 Å². The Morgan fingerprint density at radius 2 is 2.38 bits per heavy atom. The Balaban J connectivity index is 2.37. The van der Waals surface area contributed by atoms with E-state index in [-0.39, 0.29) is 6.61 Å². The molecular formula is C10H12N4OS. The molecule has 2 aromatic rings. The number of aliphatic hydroxyl groups excluding tert-OH is 1. The van der Waals surface area contributed by atoms with E-state index < -0.39 is 0 Å². The van der Waals surface area contributed by atoms with Gasteiger partial charge in [0.15, 0.2) is 10.6 Å². The van der Waals surface area contributed by atoms with Crippen LogP contribution in [0.5, 0.6) is 0 Å². The molecule has 0 saturated carbocycles. The van der Waals surface area contributed by atoms with Crippen molar-refractivity contribution in [3.8, 4) is 0 Å². The van der Waals surface area contributed by atoms with E-state index in [1.807, 2.05) is 13.0 Å². The SMILES string of the molecule is Cc1cnccc1Cn1c(CO)n[nH]c1=S. The van der Waals surface area contributed by atoms with Gasteiger partial charge in [-0.3, -0.25) is 14.6 Å². The van der Waals surface area contributed by atoms with Gasteiger partial charge in [0.05, 0.1) is 6.54 Å². The third-order valence-electron chi connectivity index (χ3n) is 2.44. The molecule has 0 aromatic carbocycles. The number of nitrogens with zero attached hydrogens (tertiary/aromatic N) is 3. The quantitative estimate of drug-likeness (QED) is 0.785. The normalized spacial score (nSPS) is 10.6. The van der Waals surface area contributed by atoms with Crippen molar-refractivity contribution in [1.29, 1.82) is 0 Å². The largest absolute Gasteiger partial charge is 0.388 e. The van der Waals surface area contributed by atoms with Crippen molar-refractivity contribution in [1.82, 2.24) is 19.7 Å². The molecule has 0 unspecified atom stereocenters. The van der Waals surface area contributed by atoms with Gasteiger partial charge in [0.1, 0.15) is 6.61 Å². The molecule has 0 spiro atoms. The summed E-state index contributed by atoms with van der Waals surface area (Å²) in [5.74, 6) is 0.543. The van der Waals surface area contributed by atoms with Crippen molar-refractivity contribution in [3.63, 3.8) is 0 Å². The van der Waals surface area contributed by atoms with Crippen LogP contribution >= 0.6 is 12.2 Å². The second-order valence-corrected chi connectivity index (χ2v) is 3.88. The monoisotopic (exact) mass is 236 g/mol. The van der Waals surface area contributed by atoms with Crippen LogP contribution < -0.4 is 0 Å². The summed E-state index contributed by atoms with van der Waals surface area (Å²) in [4.78, 5) is 4.03. The Morgan fingerprint density at radius 1 is 1.56 bits per heavy atom. The minimum absolute atomic E-state index is 0.128. The Kier molecular flexibility index (Phi) is 3.12. The predicted octanol–water partition coefficient (Wildman–Crippen LogP) is 1.18. The molecule has 0 atom stereocenters. The van der Waals surface area contributed by atoms with Crippen LogP contribution in [-0.4, -0.2) is 24.9 Å². The van der Waals surface area contributed by atoms with E-state index in [2.05, 4.69) is 15.2 Å². The molecule has 16 heavy (non-hydrogen) atoms. The lowest BCUT2D eigenvalue weighted by molar-refractivity contribution is 0.265. The lowest BCUT2D eigenvalue weighted by Gasteiger charge is -2.07. The summed E-state index contributed by atoms with van der Waals surface area (Å²) in [6, 6.07) is 1.94. The van der Waals surface area contributed by atoms with Crippen LogP contribution in [0, 0.1) is 11.7 Å². The van der Waals surface area contributed by atoms with Crippen LogP contribution in [-0.2, 0) is 13.2 Å². The number of nitrogens with one attached hydrogen (secondary N) is 1. The zero-order chi connectivity index (χ0) is 11.5. The van der Waals surface area contributed by atoms with E-state index in [0.29, 0.717) is 17.1 Å². The van der Waals surface area contributed by atoms with Gasteiger partial charge in [-0.25, -0.2) is 0 Å². The van der Waals surface area contributed by atoms with E-state index in [1.54, 1.807) is 17.0 Å². The number of hydrogen-bond donors (Lipinski definition) is 2. The van der Waals surface area contributed by atoms with E-state index in [4.69, 9.17) is 17.3 Å². The van der Waals surface area contributed by atoms with Crippen LogP contribution in [0.15, 0.2) is 18.5 Å². The molecule has 0 fully saturated rings. The molecule has 0 bridgehead atoms. The summed E-state index contributed by atoms with van der Waals surface area (Å²) in [5.41, 5.74) is 2.21. The minimum atomic E-state index is -0.128. The summed E-state index contributed by atoms with van der Waals surface area (Å²) in [6.45, 7) is 2.46. The van der Waals surface area contributed by atoms with Gasteiger partial charge in [-0.15, -0.1) is 0 Å². The number of H-pyrrole nitrogens is 1. The number of aliphatic hydroxyl groups is 1. The van der Waals surface area contributed by atoms with Gasteiger partial charge < -0.3 is 5.11 Å². The van der Waals surface area contributed by atoms with Gasteiger partial charge in [-0.2, -0.15) is 5.10 Å². The first-order chi connectivity index (χ1) is 7.72. The van der Waals surface area contributed by atoms with Gasteiger partial charge in [0.25, 0.3) is 0 Å². The Bertz CT molecular complexity index is 546. The molecule has 2 heterocycles. The van der Waals surface area contributed by atoms with Gasteiger partial charge in [0.2, 0.25) is 0 Å². The van der Waals surface area contributed by atoms with Crippen molar-refractivity contribution in [2.75, 3.05) is 0 Å². The number of hydrogen-bond acceptors (Lipinski definition) is 4. The minimum Gasteiger partial charge on any atom is -0.388 e. The molecule has 2 aromatic heterocycles. The first-order valence-electron chi connectivity index (χ1n) is 4.87. The van der Waals surface area contributed by atoms with Gasteiger partial charge in [-0.05, 0) is 36.3 Å². The lowest BCUT2D eigenvalue weighted by Crippen LogP contribution is -2.06. The number of rotatable bonds is 3. The zero-order valence-electron chi connectivity index (χ0n) is 8.84. The summed E-state index contributed by atoms with van der Waals surface area (Å²) in [5, 5.41) is 15.7. The van der Waals surface area contributed by atoms with Crippen LogP contribution in [0.4, 0.5) is 0 Å². The molecule has 0 saturated heterocycles. The number of aromatic nitrogens is 4. The molecule has 6 heteroatoms. The van der Waals surface area contributed by atoms with Crippen molar-refractivity contribution in [2.45, 2.75) is 20.1 Å². The Labute approximate surface area is 97.8 Å². The van der Waals surface area contributed by atoms with Gasteiger partial charge >= 0.3 is 0 Å². The molecule has 5 nitrogen and oxygen atoms in total. The van der Waals surface area contributed by atoms with Gasteiger partial charge in [-0.1, -0.05) is 0 Å². The molecule has 0 radical (unpaired) electrons. The molecule has 2 rings (SSSR count). The third-order valence-corrected chi connectivity index (χ3v) is 2.76. The predicted molar refractivity (Wildman–Crippen MR) is 61.4 cm³/mol. The van der Waals surface area contributed by atoms with Crippen molar-refractivity contribution in [3.05, 3.63) is 40.2 Å². The summed E-state index contributed by atoms with van der Waals surface area (Å²) < 4.78 is 2.29. The number of aryl methyl sites for hydroxylation is 1. The highest BCUT2D eigenvalue weighted by atomic mass is 32.1. The molecule has 0 aliphatic carbocycles. The highest BCUT2D eigenvalue weighted by molar-refractivity contribution is 7.71. The maximum Gasteiger partial charge on any atom is 0.195 e. The second-order valence-electron chi connectivity index (χ2n) is 3.49. The molecule has 0 amide bonds. The fourth-order valence-corrected chi connectivity index (χ4v) is 1.70. The van der Waals surface area contributed by atoms with E-state index in [0.717, 1.165) is 11.1 Å². The number of pyridine rings is 1. The maximum absolute atomic E-state index is 9.12. The topological polar surface area (TPSA) is 66.7 Å². The van der Waals surface area contributed by atoms with Crippen molar-refractivity contribution in [2.24, 2.45) is 0 Å². The Morgan fingerprint density at radius 3 is 3.06 bits per heavy atom. The average molecular weight is 236 g/mol. The summed E-state index contributed by atoms with van der Waals surface area (Å²) >= 11 is 5.10. The van der Waals surface area contributed by atoms with E-state index >= 15 is 0 Å². The smallest absolute Gasteiger partial charge is 0.195 e. The summed E-state index contributed by atoms with van der Waals surface area (Å²) in [6.07, 6.45) is 3.54. The highest BCUT2D eigenvalue weighted by Gasteiger charge is 2.06. The second kappa shape index (κ2) is 4.54. The standard InChI is InChI=1S/C10H12N4OS/c1-7-4-11-3-2-8(7)5-14-9(6-15)12-13-10(14)16/h2-4,15H,5-6H2,1H3,(H,13,16). The van der Waals surface area contributed by atoms with Crippen LogP contribution in [0.2, 0.25) is 0 Å². The van der Waals surface area contributed by atoms with E-state index in [9.17, 15) is 0 Å². The highest BCUT2D eigenvalue weighted by Crippen LogP contribution is 2.09.